The van der Waals surface area contributed by atoms with Crippen molar-refractivity contribution < 1.29 is 9.50 Å². The maximum Gasteiger partial charge on any atom is 0.124 e. The maximum atomic E-state index is 13.0. The van der Waals surface area contributed by atoms with Crippen molar-refractivity contribution in [1.82, 2.24) is 4.98 Å². The molecule has 1 aromatic heterocycles. The van der Waals surface area contributed by atoms with Gasteiger partial charge in [-0.05, 0) is 31.2 Å². The first-order valence-corrected chi connectivity index (χ1v) is 6.05. The monoisotopic (exact) mass is 249 g/mol. The minimum Gasteiger partial charge on any atom is -0.389 e. The first kappa shape index (κ1) is 12.1. The Morgan fingerprint density at radius 1 is 1.29 bits per heavy atom. The highest BCUT2D eigenvalue weighted by molar-refractivity contribution is 7.99. The molecule has 88 valence electrons. The first-order chi connectivity index (χ1) is 8.16. The molecule has 2 aromatic rings. The number of benzene rings is 1. The number of rotatable bonds is 3. The number of nitrogens with zero attached hydrogens (tertiary/aromatic N) is 1. The van der Waals surface area contributed by atoms with E-state index < -0.39 is 6.10 Å². The summed E-state index contributed by atoms with van der Waals surface area (Å²) in [7, 11) is 0. The van der Waals surface area contributed by atoms with E-state index in [-0.39, 0.29) is 5.82 Å². The molecule has 1 aromatic carbocycles. The lowest BCUT2D eigenvalue weighted by molar-refractivity contribution is 0.195. The van der Waals surface area contributed by atoms with E-state index in [4.69, 9.17) is 0 Å². The summed E-state index contributed by atoms with van der Waals surface area (Å²) in [5, 5.41) is 10.3. The van der Waals surface area contributed by atoms with Crippen molar-refractivity contribution in [2.45, 2.75) is 22.9 Å². The molecule has 0 fully saturated rings. The van der Waals surface area contributed by atoms with Gasteiger partial charge < -0.3 is 5.11 Å². The molecule has 1 heterocycles. The number of aliphatic hydroxyl groups is 1. The molecule has 1 N–H and O–H groups in total. The third-order valence-electron chi connectivity index (χ3n) is 2.26. The fraction of sp³-hybridized carbons (Fsp3) is 0.154. The largest absolute Gasteiger partial charge is 0.389 e. The SMILES string of the molecule is C[C@H](O)c1cccnc1Sc1cccc(F)c1. The fourth-order valence-electron chi connectivity index (χ4n) is 1.45. The molecule has 0 amide bonds. The topological polar surface area (TPSA) is 33.1 Å². The molecule has 0 aliphatic heterocycles. The van der Waals surface area contributed by atoms with E-state index >= 15 is 0 Å². The van der Waals surface area contributed by atoms with Crippen LogP contribution in [-0.2, 0) is 0 Å². The van der Waals surface area contributed by atoms with Gasteiger partial charge in [0.05, 0.1) is 6.10 Å². The van der Waals surface area contributed by atoms with E-state index in [1.54, 1.807) is 25.3 Å². The van der Waals surface area contributed by atoms with Crippen molar-refractivity contribution in [1.29, 1.82) is 0 Å². The summed E-state index contributed by atoms with van der Waals surface area (Å²) in [5.41, 5.74) is 0.752. The van der Waals surface area contributed by atoms with Gasteiger partial charge in [-0.25, -0.2) is 9.37 Å². The molecule has 0 saturated carbocycles. The Morgan fingerprint density at radius 3 is 2.82 bits per heavy atom. The summed E-state index contributed by atoms with van der Waals surface area (Å²) >= 11 is 1.35. The van der Waals surface area contributed by atoms with Crippen molar-refractivity contribution in [2.75, 3.05) is 0 Å². The zero-order chi connectivity index (χ0) is 12.3. The summed E-state index contributed by atoms with van der Waals surface area (Å²) in [6, 6.07) is 9.91. The highest BCUT2D eigenvalue weighted by Crippen LogP contribution is 2.31. The molecule has 0 saturated heterocycles. The van der Waals surface area contributed by atoms with Gasteiger partial charge in [-0.3, -0.25) is 0 Å². The van der Waals surface area contributed by atoms with Gasteiger partial charge in [0.25, 0.3) is 0 Å². The van der Waals surface area contributed by atoms with Gasteiger partial charge in [-0.1, -0.05) is 23.9 Å². The highest BCUT2D eigenvalue weighted by atomic mass is 32.2. The van der Waals surface area contributed by atoms with Crippen LogP contribution in [0.1, 0.15) is 18.6 Å². The van der Waals surface area contributed by atoms with Crippen LogP contribution in [0, 0.1) is 5.82 Å². The van der Waals surface area contributed by atoms with E-state index in [0.29, 0.717) is 5.03 Å². The molecule has 0 unspecified atom stereocenters. The summed E-state index contributed by atoms with van der Waals surface area (Å²) < 4.78 is 13.0. The van der Waals surface area contributed by atoms with E-state index in [0.717, 1.165) is 10.5 Å². The zero-order valence-electron chi connectivity index (χ0n) is 9.30. The maximum absolute atomic E-state index is 13.0. The number of hydrogen-bond acceptors (Lipinski definition) is 3. The lowest BCUT2D eigenvalue weighted by Gasteiger charge is -2.09. The number of hydrogen-bond donors (Lipinski definition) is 1. The van der Waals surface area contributed by atoms with E-state index in [9.17, 15) is 9.50 Å². The molecule has 17 heavy (non-hydrogen) atoms. The highest BCUT2D eigenvalue weighted by Gasteiger charge is 2.10. The van der Waals surface area contributed by atoms with Crippen LogP contribution >= 0.6 is 11.8 Å². The van der Waals surface area contributed by atoms with Gasteiger partial charge >= 0.3 is 0 Å². The summed E-state index contributed by atoms with van der Waals surface area (Å²) in [4.78, 5) is 4.97. The molecule has 0 aliphatic carbocycles. The number of pyridine rings is 1. The average molecular weight is 249 g/mol. The van der Waals surface area contributed by atoms with Crippen LogP contribution in [0.25, 0.3) is 0 Å². The summed E-state index contributed by atoms with van der Waals surface area (Å²) in [5.74, 6) is -0.274. The molecular weight excluding hydrogens is 237 g/mol. The summed E-state index contributed by atoms with van der Waals surface area (Å²) in [6.45, 7) is 1.69. The van der Waals surface area contributed by atoms with Crippen molar-refractivity contribution in [3.05, 3.63) is 54.0 Å². The van der Waals surface area contributed by atoms with Crippen LogP contribution in [0.3, 0.4) is 0 Å². The van der Waals surface area contributed by atoms with Crippen LogP contribution in [-0.4, -0.2) is 10.1 Å². The van der Waals surface area contributed by atoms with Crippen LogP contribution in [0.4, 0.5) is 4.39 Å². The molecule has 1 atom stereocenters. The minimum absolute atomic E-state index is 0.274. The van der Waals surface area contributed by atoms with E-state index in [1.807, 2.05) is 12.1 Å². The standard InChI is InChI=1S/C13H12FNOS/c1-9(16)12-6-3-7-15-13(12)17-11-5-2-4-10(14)8-11/h2-9,16H,1H3/t9-/m0/s1. The van der Waals surface area contributed by atoms with Gasteiger partial charge in [0, 0.05) is 16.7 Å². The van der Waals surface area contributed by atoms with Crippen molar-refractivity contribution in [3.8, 4) is 0 Å². The number of halogens is 1. The number of aromatic nitrogens is 1. The molecule has 4 heteroatoms. The normalized spacial score (nSPS) is 12.4. The van der Waals surface area contributed by atoms with Crippen molar-refractivity contribution in [2.24, 2.45) is 0 Å². The fourth-order valence-corrected chi connectivity index (χ4v) is 2.46. The Balaban J connectivity index is 2.30. The second kappa shape index (κ2) is 5.29. The first-order valence-electron chi connectivity index (χ1n) is 5.23. The average Bonchev–Trinajstić information content (AvgIpc) is 2.29. The lowest BCUT2D eigenvalue weighted by atomic mass is 10.2. The quantitative estimate of drug-likeness (QED) is 0.904. The second-order valence-corrected chi connectivity index (χ2v) is 4.70. The predicted octanol–water partition coefficient (Wildman–Crippen LogP) is 3.43. The van der Waals surface area contributed by atoms with Crippen LogP contribution in [0.5, 0.6) is 0 Å². The van der Waals surface area contributed by atoms with Gasteiger partial charge in [0.1, 0.15) is 10.8 Å². The van der Waals surface area contributed by atoms with Crippen LogP contribution < -0.4 is 0 Å². The van der Waals surface area contributed by atoms with Gasteiger partial charge in [-0.2, -0.15) is 0 Å². The van der Waals surface area contributed by atoms with Gasteiger partial charge in [0.15, 0.2) is 0 Å². The van der Waals surface area contributed by atoms with Crippen LogP contribution in [0.2, 0.25) is 0 Å². The molecule has 0 bridgehead atoms. The molecule has 2 rings (SSSR count). The van der Waals surface area contributed by atoms with E-state index in [2.05, 4.69) is 4.98 Å². The third-order valence-corrected chi connectivity index (χ3v) is 3.29. The summed E-state index contributed by atoms with van der Waals surface area (Å²) in [6.07, 6.45) is 1.08. The Labute approximate surface area is 104 Å². The molecule has 0 aliphatic rings. The minimum atomic E-state index is -0.584. The zero-order valence-corrected chi connectivity index (χ0v) is 10.1. The Hall–Kier alpha value is -1.39. The Bertz CT molecular complexity index is 516. The molecular formula is C13H12FNOS. The van der Waals surface area contributed by atoms with Crippen molar-refractivity contribution >= 4 is 11.8 Å². The van der Waals surface area contributed by atoms with Crippen LogP contribution in [0.15, 0.2) is 52.5 Å². The smallest absolute Gasteiger partial charge is 0.124 e. The van der Waals surface area contributed by atoms with Gasteiger partial charge in [-0.15, -0.1) is 0 Å². The molecule has 2 nitrogen and oxygen atoms in total. The predicted molar refractivity (Wildman–Crippen MR) is 65.4 cm³/mol. The van der Waals surface area contributed by atoms with Gasteiger partial charge in [0.2, 0.25) is 0 Å². The molecule has 0 spiro atoms. The Kier molecular flexibility index (Phi) is 3.76. The van der Waals surface area contributed by atoms with Crippen molar-refractivity contribution in [3.63, 3.8) is 0 Å². The number of aliphatic hydroxyl groups excluding tert-OH is 1. The lowest BCUT2D eigenvalue weighted by Crippen LogP contribution is -1.95. The molecule has 0 radical (unpaired) electrons. The van der Waals surface area contributed by atoms with E-state index in [1.165, 1.54) is 23.9 Å². The second-order valence-electron chi connectivity index (χ2n) is 3.63. The third kappa shape index (κ3) is 3.05. The Morgan fingerprint density at radius 2 is 2.12 bits per heavy atom.